The van der Waals surface area contributed by atoms with Crippen LogP contribution in [0.15, 0.2) is 24.3 Å². The Bertz CT molecular complexity index is 319. The summed E-state index contributed by atoms with van der Waals surface area (Å²) in [6.45, 7) is 0. The Hall–Kier alpha value is -1.04. The van der Waals surface area contributed by atoms with Crippen molar-refractivity contribution in [3.63, 3.8) is 0 Å². The SMILES string of the molecule is CBr.N=C(N)c1ccc(C(F)(F)F)cc1. The molecule has 1 aromatic carbocycles. The molecule has 0 saturated heterocycles. The van der Waals surface area contributed by atoms with E-state index < -0.39 is 11.7 Å². The van der Waals surface area contributed by atoms with Crippen molar-refractivity contribution < 1.29 is 13.2 Å². The third-order valence-electron chi connectivity index (χ3n) is 1.52. The Morgan fingerprint density at radius 3 is 1.87 bits per heavy atom. The molecule has 0 fully saturated rings. The lowest BCUT2D eigenvalue weighted by molar-refractivity contribution is -0.137. The summed E-state index contributed by atoms with van der Waals surface area (Å²) in [5.74, 6) is 1.57. The van der Waals surface area contributed by atoms with Crippen LogP contribution >= 0.6 is 15.9 Å². The number of nitrogens with two attached hydrogens (primary N) is 1. The van der Waals surface area contributed by atoms with E-state index in [1.54, 1.807) is 0 Å². The second-order valence-corrected chi connectivity index (χ2v) is 2.49. The summed E-state index contributed by atoms with van der Waals surface area (Å²) in [7, 11) is 0. The highest BCUT2D eigenvalue weighted by Crippen LogP contribution is 2.28. The van der Waals surface area contributed by atoms with Crippen molar-refractivity contribution in [2.24, 2.45) is 5.73 Å². The van der Waals surface area contributed by atoms with Gasteiger partial charge in [-0.15, -0.1) is 0 Å². The lowest BCUT2D eigenvalue weighted by Gasteiger charge is -2.06. The zero-order chi connectivity index (χ0) is 12.1. The predicted octanol–water partition coefficient (Wildman–Crippen LogP) is 3.00. The Balaban J connectivity index is 0.000000921. The molecule has 0 atom stereocenters. The standard InChI is InChI=1S/C8H7F3N2.CH3Br/c9-8(10,11)6-3-1-5(2-4-6)7(12)13;1-2/h1-4H,(H3,12,13);1H3. The number of hydrogen-bond donors (Lipinski definition) is 2. The van der Waals surface area contributed by atoms with Crippen LogP contribution in [0.5, 0.6) is 0 Å². The van der Waals surface area contributed by atoms with E-state index in [4.69, 9.17) is 11.1 Å². The molecule has 0 unspecified atom stereocenters. The van der Waals surface area contributed by atoms with Crippen molar-refractivity contribution in [3.05, 3.63) is 35.4 Å². The van der Waals surface area contributed by atoms with Gasteiger partial charge in [0, 0.05) is 5.56 Å². The van der Waals surface area contributed by atoms with E-state index in [1.807, 2.05) is 5.83 Å². The minimum atomic E-state index is -4.34. The van der Waals surface area contributed by atoms with E-state index in [2.05, 4.69) is 15.9 Å². The highest BCUT2D eigenvalue weighted by Gasteiger charge is 2.29. The molecule has 84 valence electrons. The smallest absolute Gasteiger partial charge is 0.384 e. The average Bonchev–Trinajstić information content (AvgIpc) is 2.20. The fraction of sp³-hybridized carbons (Fsp3) is 0.222. The summed E-state index contributed by atoms with van der Waals surface area (Å²) in [5.41, 5.74) is 4.62. The summed E-state index contributed by atoms with van der Waals surface area (Å²) < 4.78 is 36.1. The first-order valence-electron chi connectivity index (χ1n) is 3.80. The van der Waals surface area contributed by atoms with Gasteiger partial charge in [-0.3, -0.25) is 5.41 Å². The van der Waals surface area contributed by atoms with E-state index >= 15 is 0 Å². The molecule has 0 aliphatic carbocycles. The molecule has 0 radical (unpaired) electrons. The van der Waals surface area contributed by atoms with Crippen molar-refractivity contribution in [1.29, 1.82) is 5.41 Å². The third-order valence-corrected chi connectivity index (χ3v) is 1.52. The number of nitrogen functional groups attached to an aromatic ring is 1. The minimum absolute atomic E-state index is 0.242. The normalized spacial score (nSPS) is 10.2. The number of hydrogen-bond acceptors (Lipinski definition) is 1. The summed E-state index contributed by atoms with van der Waals surface area (Å²) in [6, 6.07) is 4.14. The molecule has 0 bridgehead atoms. The van der Waals surface area contributed by atoms with Crippen LogP contribution in [0.4, 0.5) is 13.2 Å². The van der Waals surface area contributed by atoms with Crippen LogP contribution in [-0.2, 0) is 6.18 Å². The Kier molecular flexibility index (Phi) is 5.35. The molecular formula is C9H10BrF3N2. The zero-order valence-electron chi connectivity index (χ0n) is 7.90. The van der Waals surface area contributed by atoms with Crippen molar-refractivity contribution >= 4 is 21.8 Å². The van der Waals surface area contributed by atoms with E-state index in [0.717, 1.165) is 12.1 Å². The lowest BCUT2D eigenvalue weighted by atomic mass is 10.1. The maximum absolute atomic E-state index is 12.0. The first-order valence-corrected chi connectivity index (χ1v) is 5.39. The van der Waals surface area contributed by atoms with Gasteiger partial charge >= 0.3 is 6.18 Å². The van der Waals surface area contributed by atoms with Crippen LogP contribution < -0.4 is 5.73 Å². The van der Waals surface area contributed by atoms with Gasteiger partial charge in [0.05, 0.1) is 5.56 Å². The van der Waals surface area contributed by atoms with Crippen LogP contribution in [0.3, 0.4) is 0 Å². The average molecular weight is 283 g/mol. The maximum Gasteiger partial charge on any atom is 0.416 e. The molecule has 2 nitrogen and oxygen atoms in total. The Morgan fingerprint density at radius 2 is 1.60 bits per heavy atom. The second-order valence-electron chi connectivity index (χ2n) is 2.49. The summed E-state index contributed by atoms with van der Waals surface area (Å²) in [4.78, 5) is 0. The lowest BCUT2D eigenvalue weighted by Crippen LogP contribution is -2.12. The molecule has 15 heavy (non-hydrogen) atoms. The van der Waals surface area contributed by atoms with E-state index in [1.165, 1.54) is 12.1 Å². The van der Waals surface area contributed by atoms with Gasteiger partial charge in [-0.1, -0.05) is 28.1 Å². The Labute approximate surface area is 93.9 Å². The predicted molar refractivity (Wildman–Crippen MR) is 57.3 cm³/mol. The highest BCUT2D eigenvalue weighted by atomic mass is 79.9. The van der Waals surface area contributed by atoms with Gasteiger partial charge in [-0.2, -0.15) is 13.2 Å². The van der Waals surface area contributed by atoms with E-state index in [9.17, 15) is 13.2 Å². The number of rotatable bonds is 1. The number of nitrogens with one attached hydrogen (secondary N) is 1. The first-order chi connectivity index (χ1) is 6.91. The van der Waals surface area contributed by atoms with Gasteiger partial charge < -0.3 is 5.73 Å². The topological polar surface area (TPSA) is 49.9 Å². The third kappa shape index (κ3) is 4.33. The molecule has 0 spiro atoms. The fourth-order valence-corrected chi connectivity index (χ4v) is 0.839. The second kappa shape index (κ2) is 5.75. The van der Waals surface area contributed by atoms with E-state index in [-0.39, 0.29) is 11.4 Å². The summed E-state index contributed by atoms with van der Waals surface area (Å²) in [6.07, 6.45) is -4.34. The van der Waals surface area contributed by atoms with Crippen molar-refractivity contribution in [3.8, 4) is 0 Å². The Morgan fingerprint density at radius 1 is 1.20 bits per heavy atom. The molecule has 6 heteroatoms. The van der Waals surface area contributed by atoms with Gasteiger partial charge in [0.1, 0.15) is 5.84 Å². The largest absolute Gasteiger partial charge is 0.416 e. The monoisotopic (exact) mass is 282 g/mol. The van der Waals surface area contributed by atoms with Crippen LogP contribution in [-0.4, -0.2) is 11.7 Å². The molecule has 0 aromatic heterocycles. The van der Waals surface area contributed by atoms with Crippen molar-refractivity contribution in [2.45, 2.75) is 6.18 Å². The molecule has 3 N–H and O–H groups in total. The van der Waals surface area contributed by atoms with Gasteiger partial charge in [0.15, 0.2) is 0 Å². The van der Waals surface area contributed by atoms with Crippen LogP contribution in [0.25, 0.3) is 0 Å². The first kappa shape index (κ1) is 14.0. The number of halogens is 4. The fourth-order valence-electron chi connectivity index (χ4n) is 0.839. The molecule has 0 aliphatic heterocycles. The van der Waals surface area contributed by atoms with Gasteiger partial charge in [0.2, 0.25) is 0 Å². The summed E-state index contributed by atoms with van der Waals surface area (Å²) >= 11 is 2.94. The van der Waals surface area contributed by atoms with Crippen LogP contribution in [0, 0.1) is 5.41 Å². The van der Waals surface area contributed by atoms with E-state index in [0.29, 0.717) is 0 Å². The quantitative estimate of drug-likeness (QED) is 0.464. The maximum atomic E-state index is 12.0. The number of benzene rings is 1. The highest BCUT2D eigenvalue weighted by molar-refractivity contribution is 9.08. The molecule has 1 rings (SSSR count). The van der Waals surface area contributed by atoms with Gasteiger partial charge in [-0.25, -0.2) is 0 Å². The van der Waals surface area contributed by atoms with Crippen LogP contribution in [0.2, 0.25) is 0 Å². The number of amidine groups is 1. The van der Waals surface area contributed by atoms with Crippen molar-refractivity contribution in [1.82, 2.24) is 0 Å². The molecule has 0 amide bonds. The molecule has 0 saturated carbocycles. The molecule has 0 heterocycles. The van der Waals surface area contributed by atoms with Gasteiger partial charge in [0.25, 0.3) is 0 Å². The zero-order valence-corrected chi connectivity index (χ0v) is 9.48. The molecular weight excluding hydrogens is 273 g/mol. The molecule has 0 aliphatic rings. The minimum Gasteiger partial charge on any atom is -0.384 e. The number of alkyl halides is 4. The van der Waals surface area contributed by atoms with Crippen LogP contribution in [0.1, 0.15) is 11.1 Å². The van der Waals surface area contributed by atoms with Gasteiger partial charge in [-0.05, 0) is 18.0 Å². The summed E-state index contributed by atoms with van der Waals surface area (Å²) in [5, 5.41) is 6.96. The van der Waals surface area contributed by atoms with Crippen molar-refractivity contribution in [2.75, 3.05) is 5.83 Å². The molecule has 1 aromatic rings.